The van der Waals surface area contributed by atoms with E-state index in [-0.39, 0.29) is 0 Å². The molecule has 14 heavy (non-hydrogen) atoms. The van der Waals surface area contributed by atoms with Gasteiger partial charge < -0.3 is 4.90 Å². The fraction of sp³-hybridized carbons (Fsp3) is 0.417. The largest absolute Gasteiger partial charge is 0.364 e. The van der Waals surface area contributed by atoms with Crippen molar-refractivity contribution in [3.63, 3.8) is 0 Å². The SMILES string of the molecule is Cc1ccc(C)c(N2CCC(=O)C2)c1. The van der Waals surface area contributed by atoms with Crippen molar-refractivity contribution in [2.45, 2.75) is 20.3 Å². The molecule has 0 atom stereocenters. The van der Waals surface area contributed by atoms with Gasteiger partial charge in [0.15, 0.2) is 5.78 Å². The fourth-order valence-corrected chi connectivity index (χ4v) is 1.90. The number of anilines is 1. The molecule has 1 aromatic carbocycles. The van der Waals surface area contributed by atoms with Gasteiger partial charge in [0, 0.05) is 18.7 Å². The van der Waals surface area contributed by atoms with Crippen LogP contribution in [-0.4, -0.2) is 18.9 Å². The van der Waals surface area contributed by atoms with Crippen molar-refractivity contribution in [2.24, 2.45) is 0 Å². The maximum absolute atomic E-state index is 11.2. The standard InChI is InChI=1S/C12H15NO/c1-9-3-4-10(2)12(7-9)13-6-5-11(14)8-13/h3-4,7H,5-6,8H2,1-2H3. The highest BCUT2D eigenvalue weighted by Crippen LogP contribution is 2.23. The van der Waals surface area contributed by atoms with Crippen molar-refractivity contribution in [1.82, 2.24) is 0 Å². The fourth-order valence-electron chi connectivity index (χ4n) is 1.90. The van der Waals surface area contributed by atoms with Gasteiger partial charge in [-0.15, -0.1) is 0 Å². The van der Waals surface area contributed by atoms with Crippen LogP contribution in [0, 0.1) is 13.8 Å². The summed E-state index contributed by atoms with van der Waals surface area (Å²) in [5, 5.41) is 0. The van der Waals surface area contributed by atoms with Crippen molar-refractivity contribution in [3.8, 4) is 0 Å². The van der Waals surface area contributed by atoms with E-state index in [1.807, 2.05) is 0 Å². The summed E-state index contributed by atoms with van der Waals surface area (Å²) >= 11 is 0. The molecule has 0 radical (unpaired) electrons. The van der Waals surface area contributed by atoms with Gasteiger partial charge in [-0.05, 0) is 31.0 Å². The van der Waals surface area contributed by atoms with E-state index >= 15 is 0 Å². The molecule has 2 rings (SSSR count). The Kier molecular flexibility index (Phi) is 2.28. The summed E-state index contributed by atoms with van der Waals surface area (Å²) in [5.74, 6) is 0.353. The molecule has 0 aliphatic carbocycles. The summed E-state index contributed by atoms with van der Waals surface area (Å²) < 4.78 is 0. The molecule has 0 N–H and O–H groups in total. The van der Waals surface area contributed by atoms with Crippen molar-refractivity contribution in [2.75, 3.05) is 18.0 Å². The lowest BCUT2D eigenvalue weighted by atomic mass is 10.1. The average Bonchev–Trinajstić information content (AvgIpc) is 2.56. The van der Waals surface area contributed by atoms with E-state index < -0.39 is 0 Å². The highest BCUT2D eigenvalue weighted by atomic mass is 16.1. The molecule has 1 heterocycles. The molecular formula is C12H15NO. The van der Waals surface area contributed by atoms with Crippen LogP contribution in [0.25, 0.3) is 0 Å². The van der Waals surface area contributed by atoms with Crippen molar-refractivity contribution >= 4 is 11.5 Å². The van der Waals surface area contributed by atoms with Gasteiger partial charge in [0.25, 0.3) is 0 Å². The predicted molar refractivity (Wildman–Crippen MR) is 57.8 cm³/mol. The van der Waals surface area contributed by atoms with Crippen molar-refractivity contribution in [3.05, 3.63) is 29.3 Å². The van der Waals surface area contributed by atoms with Gasteiger partial charge in [0.2, 0.25) is 0 Å². The van der Waals surface area contributed by atoms with Crippen LogP contribution in [0.4, 0.5) is 5.69 Å². The summed E-state index contributed by atoms with van der Waals surface area (Å²) in [6.45, 7) is 5.64. The van der Waals surface area contributed by atoms with E-state index in [1.54, 1.807) is 0 Å². The summed E-state index contributed by atoms with van der Waals surface area (Å²) in [5.41, 5.74) is 3.73. The molecule has 0 aromatic heterocycles. The number of aryl methyl sites for hydroxylation is 2. The second-order valence-corrected chi connectivity index (χ2v) is 4.00. The number of hydrogen-bond acceptors (Lipinski definition) is 2. The van der Waals surface area contributed by atoms with Gasteiger partial charge in [0.05, 0.1) is 6.54 Å². The molecule has 1 fully saturated rings. The molecule has 0 bridgehead atoms. The topological polar surface area (TPSA) is 20.3 Å². The van der Waals surface area contributed by atoms with E-state index in [9.17, 15) is 4.79 Å². The number of nitrogens with zero attached hydrogens (tertiary/aromatic N) is 1. The first kappa shape index (κ1) is 9.25. The van der Waals surface area contributed by atoms with E-state index in [0.717, 1.165) is 6.54 Å². The monoisotopic (exact) mass is 189 g/mol. The molecule has 2 nitrogen and oxygen atoms in total. The van der Waals surface area contributed by atoms with E-state index in [1.165, 1.54) is 16.8 Å². The Labute approximate surface area is 84.5 Å². The summed E-state index contributed by atoms with van der Waals surface area (Å²) in [7, 11) is 0. The van der Waals surface area contributed by atoms with Gasteiger partial charge in [0.1, 0.15) is 0 Å². The second-order valence-electron chi connectivity index (χ2n) is 4.00. The average molecular weight is 189 g/mol. The lowest BCUT2D eigenvalue weighted by molar-refractivity contribution is -0.116. The van der Waals surface area contributed by atoms with Crippen LogP contribution < -0.4 is 4.90 Å². The second kappa shape index (κ2) is 3.45. The Morgan fingerprint density at radius 2 is 2.07 bits per heavy atom. The van der Waals surface area contributed by atoms with E-state index in [4.69, 9.17) is 0 Å². The Hall–Kier alpha value is -1.31. The molecule has 2 heteroatoms. The van der Waals surface area contributed by atoms with Crippen molar-refractivity contribution in [1.29, 1.82) is 0 Å². The van der Waals surface area contributed by atoms with Gasteiger partial charge in [-0.25, -0.2) is 0 Å². The molecule has 74 valence electrons. The third-order valence-electron chi connectivity index (χ3n) is 2.73. The first-order chi connectivity index (χ1) is 6.66. The highest BCUT2D eigenvalue weighted by Gasteiger charge is 2.20. The molecule has 0 amide bonds. The number of hydrogen-bond donors (Lipinski definition) is 0. The minimum atomic E-state index is 0.353. The third kappa shape index (κ3) is 1.65. The lowest BCUT2D eigenvalue weighted by Gasteiger charge is -2.19. The molecule has 1 aromatic rings. The maximum atomic E-state index is 11.2. The van der Waals surface area contributed by atoms with Crippen LogP contribution in [0.1, 0.15) is 17.5 Å². The Morgan fingerprint density at radius 3 is 2.71 bits per heavy atom. The number of carbonyl (C=O) groups is 1. The number of carbonyl (C=O) groups excluding carboxylic acids is 1. The Bertz CT molecular complexity index is 371. The molecule has 0 spiro atoms. The number of ketones is 1. The summed E-state index contributed by atoms with van der Waals surface area (Å²) in [6, 6.07) is 6.39. The smallest absolute Gasteiger partial charge is 0.153 e. The Morgan fingerprint density at radius 1 is 1.29 bits per heavy atom. The lowest BCUT2D eigenvalue weighted by Crippen LogP contribution is -2.20. The van der Waals surface area contributed by atoms with Crippen LogP contribution in [-0.2, 0) is 4.79 Å². The van der Waals surface area contributed by atoms with E-state index in [0.29, 0.717) is 18.7 Å². The van der Waals surface area contributed by atoms with Crippen LogP contribution in [0.5, 0.6) is 0 Å². The minimum absolute atomic E-state index is 0.353. The predicted octanol–water partition coefficient (Wildman–Crippen LogP) is 2.08. The van der Waals surface area contributed by atoms with Crippen molar-refractivity contribution < 1.29 is 4.79 Å². The first-order valence-electron chi connectivity index (χ1n) is 5.01. The zero-order valence-corrected chi connectivity index (χ0v) is 8.71. The molecule has 1 saturated heterocycles. The first-order valence-corrected chi connectivity index (χ1v) is 5.01. The molecular weight excluding hydrogens is 174 g/mol. The van der Waals surface area contributed by atoms with Crippen LogP contribution >= 0.6 is 0 Å². The van der Waals surface area contributed by atoms with Crippen LogP contribution in [0.2, 0.25) is 0 Å². The molecule has 1 aliphatic heterocycles. The van der Waals surface area contributed by atoms with Gasteiger partial charge in [-0.2, -0.15) is 0 Å². The van der Waals surface area contributed by atoms with Crippen LogP contribution in [0.15, 0.2) is 18.2 Å². The molecule has 1 aliphatic rings. The highest BCUT2D eigenvalue weighted by molar-refractivity contribution is 5.87. The minimum Gasteiger partial charge on any atom is -0.364 e. The quantitative estimate of drug-likeness (QED) is 0.674. The number of Topliss-reactive ketones (excluding diaryl/α,β-unsaturated/α-hetero) is 1. The molecule has 0 saturated carbocycles. The number of rotatable bonds is 1. The molecule has 0 unspecified atom stereocenters. The van der Waals surface area contributed by atoms with Gasteiger partial charge in [-0.1, -0.05) is 12.1 Å². The maximum Gasteiger partial charge on any atom is 0.153 e. The zero-order valence-electron chi connectivity index (χ0n) is 8.71. The zero-order chi connectivity index (χ0) is 10.1. The summed E-state index contributed by atoms with van der Waals surface area (Å²) in [6.07, 6.45) is 0.702. The van der Waals surface area contributed by atoms with Gasteiger partial charge in [-0.3, -0.25) is 4.79 Å². The van der Waals surface area contributed by atoms with E-state index in [2.05, 4.69) is 36.9 Å². The normalized spacial score (nSPS) is 16.4. The summed E-state index contributed by atoms with van der Waals surface area (Å²) in [4.78, 5) is 13.4. The number of benzene rings is 1. The van der Waals surface area contributed by atoms with Crippen LogP contribution in [0.3, 0.4) is 0 Å². The Balaban J connectivity index is 2.31. The third-order valence-corrected chi connectivity index (χ3v) is 2.73. The van der Waals surface area contributed by atoms with Gasteiger partial charge >= 0.3 is 0 Å².